The number of nitrogens with one attached hydrogen (secondary N) is 1. The zero-order valence-electron chi connectivity index (χ0n) is 15.8. The van der Waals surface area contributed by atoms with Crippen LogP contribution in [-0.4, -0.2) is 41.7 Å². The maximum absolute atomic E-state index is 12.6. The number of aryl methyl sites for hydroxylation is 1. The van der Waals surface area contributed by atoms with E-state index < -0.39 is 21.3 Å². The van der Waals surface area contributed by atoms with Gasteiger partial charge in [0.25, 0.3) is 5.56 Å². The highest BCUT2D eigenvalue weighted by Crippen LogP contribution is 2.36. The molecule has 0 fully saturated rings. The fraction of sp³-hybridized carbons (Fsp3) is 0.167. The highest BCUT2D eigenvalue weighted by atomic mass is 35.5. The number of hydrogen-bond donors (Lipinski definition) is 2. The Bertz CT molecular complexity index is 1250. The molecule has 0 aliphatic carbocycles. The third-order valence-corrected chi connectivity index (χ3v) is 6.38. The van der Waals surface area contributed by atoms with Crippen molar-refractivity contribution in [3.63, 3.8) is 0 Å². The minimum Gasteiger partial charge on any atom is -0.506 e. The van der Waals surface area contributed by atoms with Gasteiger partial charge in [-0.05, 0) is 25.1 Å². The van der Waals surface area contributed by atoms with Gasteiger partial charge in [0.05, 0.1) is 16.4 Å². The Labute approximate surface area is 171 Å². The van der Waals surface area contributed by atoms with Gasteiger partial charge in [-0.15, -0.1) is 10.2 Å². The molecule has 11 heteroatoms. The second kappa shape index (κ2) is 7.82. The molecule has 0 saturated carbocycles. The van der Waals surface area contributed by atoms with Crippen LogP contribution in [0.2, 0.25) is 5.02 Å². The molecule has 0 radical (unpaired) electrons. The molecular formula is C18H18ClN5O4S. The highest BCUT2D eigenvalue weighted by Gasteiger charge is 2.23. The van der Waals surface area contributed by atoms with E-state index in [1.54, 1.807) is 31.2 Å². The molecule has 0 spiro atoms. The molecule has 1 heterocycles. The number of aromatic amines is 1. The van der Waals surface area contributed by atoms with Crippen LogP contribution in [0.5, 0.6) is 5.75 Å². The maximum Gasteiger partial charge on any atom is 0.299 e. The third-order valence-electron chi connectivity index (χ3n) is 4.10. The standard InChI is InChI=1S/C18H18ClN5O4S/c1-11-17(18(26)24(22-11)12-7-5-4-6-8-12)21-20-14-9-13(19)16(10-15(14)25)29(27,28)23(2)3/h4-10,22,25H,1-3H3. The number of para-hydroxylation sites is 1. The van der Waals surface area contributed by atoms with Crippen LogP contribution in [0.25, 0.3) is 5.69 Å². The van der Waals surface area contributed by atoms with Gasteiger partial charge in [-0.3, -0.25) is 9.89 Å². The van der Waals surface area contributed by atoms with E-state index in [9.17, 15) is 18.3 Å². The molecule has 2 aromatic carbocycles. The molecule has 0 amide bonds. The summed E-state index contributed by atoms with van der Waals surface area (Å²) in [7, 11) is -1.14. The predicted molar refractivity (Wildman–Crippen MR) is 109 cm³/mol. The molecule has 3 rings (SSSR count). The molecule has 0 saturated heterocycles. The number of nitrogens with zero attached hydrogens (tertiary/aromatic N) is 4. The van der Waals surface area contributed by atoms with Gasteiger partial charge in [0.1, 0.15) is 16.3 Å². The number of phenolic OH excluding ortho intramolecular Hbond substituents is 1. The molecule has 152 valence electrons. The lowest BCUT2D eigenvalue weighted by atomic mass is 10.3. The Morgan fingerprint density at radius 1 is 1.14 bits per heavy atom. The number of sulfonamides is 1. The molecule has 3 aromatic rings. The van der Waals surface area contributed by atoms with Crippen molar-refractivity contribution < 1.29 is 13.5 Å². The molecule has 9 nitrogen and oxygen atoms in total. The van der Waals surface area contributed by atoms with Crippen LogP contribution in [0.1, 0.15) is 5.69 Å². The summed E-state index contributed by atoms with van der Waals surface area (Å²) in [5, 5.41) is 20.8. The molecule has 1 aromatic heterocycles. The number of rotatable bonds is 5. The normalized spacial score (nSPS) is 12.2. The number of hydrogen-bond acceptors (Lipinski definition) is 6. The largest absolute Gasteiger partial charge is 0.506 e. The highest BCUT2D eigenvalue weighted by molar-refractivity contribution is 7.89. The average Bonchev–Trinajstić information content (AvgIpc) is 2.96. The van der Waals surface area contributed by atoms with E-state index in [0.29, 0.717) is 11.4 Å². The van der Waals surface area contributed by atoms with Gasteiger partial charge in [0.15, 0.2) is 5.69 Å². The molecule has 2 N–H and O–H groups in total. The number of azo groups is 1. The van der Waals surface area contributed by atoms with Crippen molar-refractivity contribution >= 4 is 33.0 Å². The number of H-pyrrole nitrogens is 1. The average molecular weight is 436 g/mol. The Balaban J connectivity index is 2.01. The SMILES string of the molecule is Cc1[nH]n(-c2ccccc2)c(=O)c1N=Nc1cc(Cl)c(S(=O)(=O)N(C)C)cc1O. The number of benzene rings is 2. The second-order valence-electron chi connectivity index (χ2n) is 6.32. The summed E-state index contributed by atoms with van der Waals surface area (Å²) in [6.07, 6.45) is 0. The Morgan fingerprint density at radius 2 is 1.79 bits per heavy atom. The molecule has 0 unspecified atom stereocenters. The Hall–Kier alpha value is -2.95. The van der Waals surface area contributed by atoms with Crippen LogP contribution in [0.15, 0.2) is 62.4 Å². The van der Waals surface area contributed by atoms with Gasteiger partial charge < -0.3 is 5.11 Å². The minimum absolute atomic E-state index is 0.0503. The zero-order valence-corrected chi connectivity index (χ0v) is 17.4. The second-order valence-corrected chi connectivity index (χ2v) is 8.85. The van der Waals surface area contributed by atoms with Gasteiger partial charge in [0, 0.05) is 20.2 Å². The zero-order chi connectivity index (χ0) is 21.3. The molecule has 0 aliphatic rings. The quantitative estimate of drug-likeness (QED) is 0.596. The van der Waals surface area contributed by atoms with Gasteiger partial charge >= 0.3 is 0 Å². The summed E-state index contributed by atoms with van der Waals surface area (Å²) >= 11 is 6.07. The van der Waals surface area contributed by atoms with E-state index in [4.69, 9.17) is 11.6 Å². The number of aromatic nitrogens is 2. The van der Waals surface area contributed by atoms with E-state index >= 15 is 0 Å². The topological polar surface area (TPSA) is 120 Å². The first-order valence-electron chi connectivity index (χ1n) is 8.36. The molecule has 0 atom stereocenters. The van der Waals surface area contributed by atoms with Crippen LogP contribution in [0.4, 0.5) is 11.4 Å². The lowest BCUT2D eigenvalue weighted by Gasteiger charge is -2.13. The van der Waals surface area contributed by atoms with Crippen LogP contribution >= 0.6 is 11.6 Å². The first-order valence-corrected chi connectivity index (χ1v) is 10.2. The molecule has 0 aliphatic heterocycles. The van der Waals surface area contributed by atoms with E-state index in [-0.39, 0.29) is 21.3 Å². The van der Waals surface area contributed by atoms with Crippen molar-refractivity contribution in [2.75, 3.05) is 14.1 Å². The van der Waals surface area contributed by atoms with Crippen molar-refractivity contribution in [3.05, 3.63) is 63.5 Å². The van der Waals surface area contributed by atoms with Crippen LogP contribution in [0.3, 0.4) is 0 Å². The van der Waals surface area contributed by atoms with Gasteiger partial charge in [-0.2, -0.15) is 0 Å². The van der Waals surface area contributed by atoms with Gasteiger partial charge in [-0.1, -0.05) is 29.8 Å². The van der Waals surface area contributed by atoms with Crippen molar-refractivity contribution in [1.82, 2.24) is 14.1 Å². The Kier molecular flexibility index (Phi) is 5.60. The van der Waals surface area contributed by atoms with E-state index in [2.05, 4.69) is 15.3 Å². The van der Waals surface area contributed by atoms with Crippen LogP contribution in [0, 0.1) is 6.92 Å². The van der Waals surface area contributed by atoms with Crippen LogP contribution in [-0.2, 0) is 10.0 Å². The summed E-state index contributed by atoms with van der Waals surface area (Å²) < 4.78 is 26.8. The molecular weight excluding hydrogens is 418 g/mol. The maximum atomic E-state index is 12.6. The smallest absolute Gasteiger partial charge is 0.299 e. The van der Waals surface area contributed by atoms with Crippen molar-refractivity contribution in [1.29, 1.82) is 0 Å². The van der Waals surface area contributed by atoms with Crippen molar-refractivity contribution in [3.8, 4) is 11.4 Å². The van der Waals surface area contributed by atoms with E-state index in [1.165, 1.54) is 24.8 Å². The lowest BCUT2D eigenvalue weighted by molar-refractivity contribution is 0.472. The third kappa shape index (κ3) is 3.95. The fourth-order valence-corrected chi connectivity index (χ4v) is 3.93. The summed E-state index contributed by atoms with van der Waals surface area (Å²) in [5.41, 5.74) is 0.661. The monoisotopic (exact) mass is 435 g/mol. The predicted octanol–water partition coefficient (Wildman–Crippen LogP) is 3.50. The van der Waals surface area contributed by atoms with E-state index in [1.807, 2.05) is 6.07 Å². The fourth-order valence-electron chi connectivity index (χ4n) is 2.52. The first-order chi connectivity index (χ1) is 13.6. The van der Waals surface area contributed by atoms with Gasteiger partial charge in [-0.25, -0.2) is 17.4 Å². The van der Waals surface area contributed by atoms with E-state index in [0.717, 1.165) is 10.4 Å². The molecule has 29 heavy (non-hydrogen) atoms. The first kappa shape index (κ1) is 20.8. The minimum atomic E-state index is -3.84. The summed E-state index contributed by atoms with van der Waals surface area (Å²) in [5.74, 6) is -0.435. The number of phenols is 1. The summed E-state index contributed by atoms with van der Waals surface area (Å²) in [4.78, 5) is 12.4. The van der Waals surface area contributed by atoms with Crippen molar-refractivity contribution in [2.24, 2.45) is 10.2 Å². The number of aromatic hydroxyl groups is 1. The molecule has 0 bridgehead atoms. The summed E-state index contributed by atoms with van der Waals surface area (Å²) in [6, 6.07) is 11.1. The van der Waals surface area contributed by atoms with Crippen LogP contribution < -0.4 is 5.56 Å². The number of halogens is 1. The lowest BCUT2D eigenvalue weighted by Crippen LogP contribution is -2.22. The van der Waals surface area contributed by atoms with Crippen molar-refractivity contribution in [2.45, 2.75) is 11.8 Å². The summed E-state index contributed by atoms with van der Waals surface area (Å²) in [6.45, 7) is 1.66. The van der Waals surface area contributed by atoms with Gasteiger partial charge in [0.2, 0.25) is 10.0 Å². The Morgan fingerprint density at radius 3 is 2.41 bits per heavy atom.